The minimum absolute atomic E-state index is 0.0488. The molecule has 4 heterocycles. The van der Waals surface area contributed by atoms with Gasteiger partial charge in [0, 0.05) is 51.3 Å². The Kier molecular flexibility index (Phi) is 3.82. The fourth-order valence-corrected chi connectivity index (χ4v) is 4.74. The Labute approximate surface area is 163 Å². The maximum Gasteiger partial charge on any atom is 0.274 e. The van der Waals surface area contributed by atoms with Crippen LogP contribution in [0.15, 0.2) is 12.5 Å². The number of likely N-dealkylation sites (tertiary alicyclic amines) is 2. The van der Waals surface area contributed by atoms with E-state index in [9.17, 15) is 9.59 Å². The van der Waals surface area contributed by atoms with Gasteiger partial charge in [-0.15, -0.1) is 0 Å². The number of fused-ring (bicyclic) bond motifs is 1. The Hall–Kier alpha value is -2.71. The molecule has 28 heavy (non-hydrogen) atoms. The first-order valence-electron chi connectivity index (χ1n) is 9.92. The van der Waals surface area contributed by atoms with Crippen LogP contribution >= 0.6 is 0 Å². The number of rotatable bonds is 3. The minimum atomic E-state index is -0.282. The molecule has 0 unspecified atom stereocenters. The van der Waals surface area contributed by atoms with Crippen LogP contribution in [0.5, 0.6) is 0 Å². The van der Waals surface area contributed by atoms with Gasteiger partial charge in [0.2, 0.25) is 5.91 Å². The molecule has 2 amide bonds. The average molecular weight is 383 g/mol. The van der Waals surface area contributed by atoms with Crippen LogP contribution in [-0.2, 0) is 17.3 Å². The Morgan fingerprint density at radius 3 is 2.68 bits per heavy atom. The molecular weight excluding hydrogens is 358 g/mol. The second kappa shape index (κ2) is 6.15. The number of H-pyrrole nitrogens is 1. The topological polar surface area (TPSA) is 100 Å². The lowest BCUT2D eigenvalue weighted by atomic mass is 9.72. The Morgan fingerprint density at radius 2 is 2.04 bits per heavy atom. The molecule has 0 radical (unpaired) electrons. The van der Waals surface area contributed by atoms with E-state index >= 15 is 0 Å². The fraction of sp³-hybridized carbons (Fsp3) is 0.632. The molecule has 2 atom stereocenters. The van der Waals surface area contributed by atoms with E-state index < -0.39 is 0 Å². The molecule has 1 saturated carbocycles. The molecule has 5 rings (SSSR count). The minimum Gasteiger partial charge on any atom is -0.341 e. The maximum atomic E-state index is 12.9. The van der Waals surface area contributed by atoms with Gasteiger partial charge in [0.1, 0.15) is 11.5 Å². The van der Waals surface area contributed by atoms with Crippen molar-refractivity contribution in [3.05, 3.63) is 29.9 Å². The van der Waals surface area contributed by atoms with Crippen LogP contribution in [0.25, 0.3) is 0 Å². The van der Waals surface area contributed by atoms with Crippen LogP contribution < -0.4 is 0 Å². The zero-order chi connectivity index (χ0) is 19.5. The fourth-order valence-electron chi connectivity index (χ4n) is 4.74. The summed E-state index contributed by atoms with van der Waals surface area (Å²) in [5.41, 5.74) is 0.184. The SMILES string of the molecule is Cc1nc([C@@]23CCN(C(=O)c4cn(C)cn4)C[C@@H]2CN(C(=O)C2CC2)C3)n[nH]1. The third kappa shape index (κ3) is 2.71. The van der Waals surface area contributed by atoms with Crippen LogP contribution in [0.3, 0.4) is 0 Å². The van der Waals surface area contributed by atoms with Gasteiger partial charge in [-0.1, -0.05) is 0 Å². The van der Waals surface area contributed by atoms with Crippen molar-refractivity contribution < 1.29 is 9.59 Å². The van der Waals surface area contributed by atoms with Crippen LogP contribution in [0, 0.1) is 18.8 Å². The number of aromatic amines is 1. The zero-order valence-electron chi connectivity index (χ0n) is 16.3. The summed E-state index contributed by atoms with van der Waals surface area (Å²) < 4.78 is 1.78. The van der Waals surface area contributed by atoms with E-state index in [1.807, 2.05) is 23.8 Å². The first-order chi connectivity index (χ1) is 13.5. The Morgan fingerprint density at radius 1 is 1.25 bits per heavy atom. The highest BCUT2D eigenvalue weighted by molar-refractivity contribution is 5.92. The number of nitrogens with one attached hydrogen (secondary N) is 1. The van der Waals surface area contributed by atoms with Gasteiger partial charge in [-0.25, -0.2) is 9.97 Å². The highest BCUT2D eigenvalue weighted by atomic mass is 16.2. The molecule has 2 aromatic rings. The van der Waals surface area contributed by atoms with Crippen molar-refractivity contribution in [1.82, 2.24) is 34.5 Å². The number of amides is 2. The number of imidazole rings is 1. The van der Waals surface area contributed by atoms with E-state index in [0.29, 0.717) is 31.9 Å². The third-order valence-corrected chi connectivity index (χ3v) is 6.46. The summed E-state index contributed by atoms with van der Waals surface area (Å²) in [5, 5.41) is 7.42. The van der Waals surface area contributed by atoms with Crippen molar-refractivity contribution in [1.29, 1.82) is 0 Å². The molecule has 2 saturated heterocycles. The number of nitrogens with zero attached hydrogens (tertiary/aromatic N) is 6. The van der Waals surface area contributed by atoms with Gasteiger partial charge in [-0.05, 0) is 26.2 Å². The third-order valence-electron chi connectivity index (χ3n) is 6.46. The predicted octanol–water partition coefficient (Wildman–Crippen LogP) is 0.499. The summed E-state index contributed by atoms with van der Waals surface area (Å²) >= 11 is 0. The van der Waals surface area contributed by atoms with Gasteiger partial charge in [-0.3, -0.25) is 14.7 Å². The molecule has 148 valence electrons. The molecule has 1 aliphatic carbocycles. The van der Waals surface area contributed by atoms with Crippen molar-refractivity contribution >= 4 is 11.8 Å². The molecule has 0 bridgehead atoms. The molecular formula is C19H25N7O2. The highest BCUT2D eigenvalue weighted by Crippen LogP contribution is 2.45. The van der Waals surface area contributed by atoms with Gasteiger partial charge in [0.15, 0.2) is 5.82 Å². The van der Waals surface area contributed by atoms with Crippen LogP contribution in [-0.4, -0.2) is 72.5 Å². The van der Waals surface area contributed by atoms with E-state index in [-0.39, 0.29) is 29.1 Å². The number of aromatic nitrogens is 5. The summed E-state index contributed by atoms with van der Waals surface area (Å²) in [7, 11) is 1.86. The number of hydrogen-bond donors (Lipinski definition) is 1. The van der Waals surface area contributed by atoms with E-state index in [1.54, 1.807) is 17.1 Å². The largest absolute Gasteiger partial charge is 0.341 e. The van der Waals surface area contributed by atoms with Crippen LogP contribution in [0.1, 0.15) is 41.4 Å². The highest BCUT2D eigenvalue weighted by Gasteiger charge is 2.55. The molecule has 1 N–H and O–H groups in total. The standard InChI is InChI=1S/C19H25N7O2/c1-12-21-18(23-22-12)19-5-6-25(17(28)15-9-24(2)11-20-15)7-14(19)8-26(10-19)16(27)13-3-4-13/h9,11,13-14H,3-8,10H2,1-2H3,(H,21,22,23)/t14-,19-/m1/s1. The predicted molar refractivity (Wildman–Crippen MR) is 99.3 cm³/mol. The molecule has 3 fully saturated rings. The molecule has 3 aliphatic rings. The molecule has 0 spiro atoms. The summed E-state index contributed by atoms with van der Waals surface area (Å²) in [4.78, 5) is 38.4. The molecule has 9 heteroatoms. The second-order valence-corrected chi connectivity index (χ2v) is 8.52. The van der Waals surface area contributed by atoms with E-state index in [4.69, 9.17) is 0 Å². The van der Waals surface area contributed by atoms with Gasteiger partial charge in [0.25, 0.3) is 5.91 Å². The van der Waals surface area contributed by atoms with Crippen molar-refractivity contribution in [2.45, 2.75) is 31.6 Å². The van der Waals surface area contributed by atoms with E-state index in [2.05, 4.69) is 20.2 Å². The average Bonchev–Trinajstić information content (AvgIpc) is 3.09. The van der Waals surface area contributed by atoms with Crippen molar-refractivity contribution in [3.8, 4) is 0 Å². The Bertz CT molecular complexity index is 930. The smallest absolute Gasteiger partial charge is 0.274 e. The van der Waals surface area contributed by atoms with Crippen molar-refractivity contribution in [2.75, 3.05) is 26.2 Å². The van der Waals surface area contributed by atoms with Gasteiger partial charge >= 0.3 is 0 Å². The summed E-state index contributed by atoms with van der Waals surface area (Å²) in [6.07, 6.45) is 6.14. The van der Waals surface area contributed by atoms with Crippen LogP contribution in [0.2, 0.25) is 0 Å². The number of piperidine rings is 1. The summed E-state index contributed by atoms with van der Waals surface area (Å²) in [6, 6.07) is 0. The first-order valence-corrected chi connectivity index (χ1v) is 9.92. The summed E-state index contributed by atoms with van der Waals surface area (Å²) in [5.74, 6) is 2.09. The van der Waals surface area contributed by atoms with Crippen LogP contribution in [0.4, 0.5) is 0 Å². The number of carbonyl (C=O) groups is 2. The first kappa shape index (κ1) is 17.4. The molecule has 0 aromatic carbocycles. The van der Waals surface area contributed by atoms with Crippen molar-refractivity contribution in [2.24, 2.45) is 18.9 Å². The van der Waals surface area contributed by atoms with Gasteiger partial charge < -0.3 is 14.4 Å². The second-order valence-electron chi connectivity index (χ2n) is 8.52. The lowest BCUT2D eigenvalue weighted by molar-refractivity contribution is -0.131. The Balaban J connectivity index is 1.42. The maximum absolute atomic E-state index is 12.9. The van der Waals surface area contributed by atoms with E-state index in [1.165, 1.54) is 0 Å². The van der Waals surface area contributed by atoms with E-state index in [0.717, 1.165) is 30.9 Å². The van der Waals surface area contributed by atoms with Gasteiger partial charge in [0.05, 0.1) is 11.7 Å². The number of aryl methyl sites for hydroxylation is 2. The molecule has 9 nitrogen and oxygen atoms in total. The molecule has 2 aromatic heterocycles. The quantitative estimate of drug-likeness (QED) is 0.832. The molecule has 2 aliphatic heterocycles. The lowest BCUT2D eigenvalue weighted by Crippen LogP contribution is -2.52. The number of hydrogen-bond acceptors (Lipinski definition) is 5. The monoisotopic (exact) mass is 383 g/mol. The summed E-state index contributed by atoms with van der Waals surface area (Å²) in [6.45, 7) is 4.41. The van der Waals surface area contributed by atoms with Crippen molar-refractivity contribution in [3.63, 3.8) is 0 Å². The van der Waals surface area contributed by atoms with Gasteiger partial charge in [-0.2, -0.15) is 5.10 Å². The number of carbonyl (C=O) groups excluding carboxylic acids is 2. The lowest BCUT2D eigenvalue weighted by Gasteiger charge is -2.41. The normalized spacial score (nSPS) is 27.1. The zero-order valence-corrected chi connectivity index (χ0v) is 16.3.